The van der Waals surface area contributed by atoms with Gasteiger partial charge in [0.25, 0.3) is 5.91 Å². The Hall–Kier alpha value is -1.65. The second-order valence-corrected chi connectivity index (χ2v) is 4.58. The Bertz CT molecular complexity index is 647. The lowest BCUT2D eigenvalue weighted by Gasteiger charge is -2.07. The average Bonchev–Trinajstić information content (AvgIpc) is 2.32. The normalized spacial score (nSPS) is 10.3. The summed E-state index contributed by atoms with van der Waals surface area (Å²) in [5.41, 5.74) is -0.303. The van der Waals surface area contributed by atoms with E-state index < -0.39 is 17.5 Å². The van der Waals surface area contributed by atoms with E-state index in [-0.39, 0.29) is 21.3 Å². The van der Waals surface area contributed by atoms with Crippen LogP contribution in [0.1, 0.15) is 10.4 Å². The highest BCUT2D eigenvalue weighted by atomic mass is 35.5. The van der Waals surface area contributed by atoms with Crippen molar-refractivity contribution in [3.63, 3.8) is 0 Å². The van der Waals surface area contributed by atoms with Crippen molar-refractivity contribution in [2.24, 2.45) is 0 Å². The number of amides is 1. The van der Waals surface area contributed by atoms with Gasteiger partial charge in [0.2, 0.25) is 0 Å². The third-order valence-electron chi connectivity index (χ3n) is 2.36. The molecular weight excluding hydrogens is 295 g/mol. The Morgan fingerprint density at radius 2 is 1.53 bits per heavy atom. The van der Waals surface area contributed by atoms with E-state index in [1.54, 1.807) is 0 Å². The van der Waals surface area contributed by atoms with Gasteiger partial charge >= 0.3 is 0 Å². The van der Waals surface area contributed by atoms with Crippen LogP contribution in [0.2, 0.25) is 10.0 Å². The molecule has 0 fully saturated rings. The molecule has 2 nitrogen and oxygen atoms in total. The van der Waals surface area contributed by atoms with Crippen molar-refractivity contribution < 1.29 is 13.6 Å². The average molecular weight is 302 g/mol. The Balaban J connectivity index is 2.25. The molecule has 0 atom stereocenters. The van der Waals surface area contributed by atoms with Crippen LogP contribution in [-0.4, -0.2) is 5.91 Å². The van der Waals surface area contributed by atoms with Gasteiger partial charge in [-0.05, 0) is 36.4 Å². The number of nitrogens with one attached hydrogen (secondary N) is 1. The van der Waals surface area contributed by atoms with E-state index in [1.807, 2.05) is 0 Å². The predicted molar refractivity (Wildman–Crippen MR) is 70.8 cm³/mol. The maximum atomic E-state index is 13.5. The van der Waals surface area contributed by atoms with E-state index in [0.717, 1.165) is 12.1 Å². The number of carbonyl (C=O) groups excluding carboxylic acids is 1. The third kappa shape index (κ3) is 3.22. The van der Waals surface area contributed by atoms with Crippen LogP contribution in [0, 0.1) is 11.6 Å². The number of halogens is 4. The number of hydrogen-bond acceptors (Lipinski definition) is 1. The Labute approximate surface area is 118 Å². The largest absolute Gasteiger partial charge is 0.319 e. The molecule has 0 aliphatic heterocycles. The summed E-state index contributed by atoms with van der Waals surface area (Å²) in [7, 11) is 0. The van der Waals surface area contributed by atoms with E-state index in [0.29, 0.717) is 0 Å². The zero-order chi connectivity index (χ0) is 14.0. The van der Waals surface area contributed by atoms with Crippen molar-refractivity contribution in [2.45, 2.75) is 0 Å². The molecular formula is C13H7Cl2F2NO. The molecule has 0 aliphatic rings. The van der Waals surface area contributed by atoms with E-state index in [2.05, 4.69) is 5.32 Å². The summed E-state index contributed by atoms with van der Waals surface area (Å²) in [5.74, 6) is -2.25. The smallest absolute Gasteiger partial charge is 0.258 e. The van der Waals surface area contributed by atoms with Crippen molar-refractivity contribution >= 4 is 34.8 Å². The first-order chi connectivity index (χ1) is 8.97. The lowest BCUT2D eigenvalue weighted by molar-refractivity contribution is 0.102. The van der Waals surface area contributed by atoms with Gasteiger partial charge in [-0.25, -0.2) is 8.78 Å². The number of rotatable bonds is 2. The van der Waals surface area contributed by atoms with Gasteiger partial charge in [-0.2, -0.15) is 0 Å². The highest BCUT2D eigenvalue weighted by Gasteiger charge is 2.14. The molecule has 0 aromatic heterocycles. The summed E-state index contributed by atoms with van der Waals surface area (Å²) < 4.78 is 27.0. The second kappa shape index (κ2) is 5.55. The molecule has 0 radical (unpaired) electrons. The van der Waals surface area contributed by atoms with Crippen LogP contribution in [0.25, 0.3) is 0 Å². The van der Waals surface area contributed by atoms with Crippen LogP contribution in [0.5, 0.6) is 0 Å². The molecule has 2 aromatic carbocycles. The van der Waals surface area contributed by atoms with Gasteiger partial charge in [-0.3, -0.25) is 4.79 Å². The number of anilines is 1. The number of hydrogen-bond donors (Lipinski definition) is 1. The van der Waals surface area contributed by atoms with Gasteiger partial charge in [0.1, 0.15) is 11.6 Å². The molecule has 0 bridgehead atoms. The quantitative estimate of drug-likeness (QED) is 0.868. The van der Waals surface area contributed by atoms with Gasteiger partial charge < -0.3 is 5.32 Å². The highest BCUT2D eigenvalue weighted by molar-refractivity contribution is 6.31. The fourth-order valence-corrected chi connectivity index (χ4v) is 1.77. The summed E-state index contributed by atoms with van der Waals surface area (Å²) in [6, 6.07) is 7.37. The van der Waals surface area contributed by atoms with Crippen LogP contribution in [-0.2, 0) is 0 Å². The van der Waals surface area contributed by atoms with Gasteiger partial charge in [0.05, 0.1) is 11.3 Å². The number of carbonyl (C=O) groups is 1. The van der Waals surface area contributed by atoms with E-state index >= 15 is 0 Å². The Kier molecular flexibility index (Phi) is 4.02. The van der Waals surface area contributed by atoms with Crippen molar-refractivity contribution in [3.05, 3.63) is 63.6 Å². The van der Waals surface area contributed by atoms with Crippen molar-refractivity contribution in [2.75, 3.05) is 5.32 Å². The van der Waals surface area contributed by atoms with Crippen LogP contribution in [0.4, 0.5) is 14.5 Å². The van der Waals surface area contributed by atoms with Gasteiger partial charge in [0.15, 0.2) is 0 Å². The zero-order valence-electron chi connectivity index (χ0n) is 9.38. The molecule has 0 saturated heterocycles. The van der Waals surface area contributed by atoms with E-state index in [4.69, 9.17) is 23.2 Å². The molecule has 0 heterocycles. The molecule has 1 amide bonds. The monoisotopic (exact) mass is 301 g/mol. The number of benzene rings is 2. The maximum Gasteiger partial charge on any atom is 0.258 e. The van der Waals surface area contributed by atoms with Crippen LogP contribution in [0.3, 0.4) is 0 Å². The van der Waals surface area contributed by atoms with Gasteiger partial charge in [-0.1, -0.05) is 23.2 Å². The molecule has 1 N–H and O–H groups in total. The molecule has 0 saturated carbocycles. The molecule has 0 aliphatic carbocycles. The lowest BCUT2D eigenvalue weighted by atomic mass is 10.2. The summed E-state index contributed by atoms with van der Waals surface area (Å²) in [6.07, 6.45) is 0. The van der Waals surface area contributed by atoms with E-state index in [9.17, 15) is 13.6 Å². The highest BCUT2D eigenvalue weighted by Crippen LogP contribution is 2.21. The fourth-order valence-electron chi connectivity index (χ4n) is 1.45. The standard InChI is InChI=1S/C13H7Cl2F2NO/c14-7-1-3-9(10(16)5-7)13(19)18-12-4-2-8(15)6-11(12)17/h1-6H,(H,18,19). The van der Waals surface area contributed by atoms with Crippen LogP contribution < -0.4 is 5.32 Å². The predicted octanol–water partition coefficient (Wildman–Crippen LogP) is 4.52. The summed E-state index contributed by atoms with van der Waals surface area (Å²) in [4.78, 5) is 11.8. The molecule has 0 spiro atoms. The minimum absolute atomic E-state index is 0.0799. The topological polar surface area (TPSA) is 29.1 Å². The molecule has 98 valence electrons. The first-order valence-corrected chi connectivity index (χ1v) is 5.94. The first kappa shape index (κ1) is 13.8. The van der Waals surface area contributed by atoms with Crippen LogP contribution in [0.15, 0.2) is 36.4 Å². The molecule has 19 heavy (non-hydrogen) atoms. The summed E-state index contributed by atoms with van der Waals surface area (Å²) in [6.45, 7) is 0. The third-order valence-corrected chi connectivity index (χ3v) is 2.83. The van der Waals surface area contributed by atoms with Crippen molar-refractivity contribution in [1.29, 1.82) is 0 Å². The van der Waals surface area contributed by atoms with Crippen LogP contribution >= 0.6 is 23.2 Å². The van der Waals surface area contributed by atoms with Crippen molar-refractivity contribution in [1.82, 2.24) is 0 Å². The fraction of sp³-hybridized carbons (Fsp3) is 0. The zero-order valence-corrected chi connectivity index (χ0v) is 10.9. The maximum absolute atomic E-state index is 13.5. The van der Waals surface area contributed by atoms with Gasteiger partial charge in [0, 0.05) is 10.0 Å². The SMILES string of the molecule is O=C(Nc1ccc(Cl)cc1F)c1ccc(Cl)cc1F. The minimum atomic E-state index is -0.778. The minimum Gasteiger partial charge on any atom is -0.319 e. The van der Waals surface area contributed by atoms with E-state index in [1.165, 1.54) is 24.3 Å². The molecule has 2 rings (SSSR count). The summed E-state index contributed by atoms with van der Waals surface area (Å²) >= 11 is 11.2. The molecule has 0 unspecified atom stereocenters. The molecule has 2 aromatic rings. The lowest BCUT2D eigenvalue weighted by Crippen LogP contribution is -2.14. The van der Waals surface area contributed by atoms with Crippen molar-refractivity contribution in [3.8, 4) is 0 Å². The Morgan fingerprint density at radius 3 is 2.11 bits per heavy atom. The second-order valence-electron chi connectivity index (χ2n) is 3.70. The Morgan fingerprint density at radius 1 is 0.947 bits per heavy atom. The molecule has 6 heteroatoms. The summed E-state index contributed by atoms with van der Waals surface area (Å²) in [5, 5.41) is 2.63. The first-order valence-electron chi connectivity index (χ1n) is 5.19. The van der Waals surface area contributed by atoms with Gasteiger partial charge in [-0.15, -0.1) is 0 Å².